The van der Waals surface area contributed by atoms with E-state index in [-0.39, 0.29) is 18.1 Å². The lowest BCUT2D eigenvalue weighted by Gasteiger charge is -2.43. The molecule has 0 aromatic rings. The van der Waals surface area contributed by atoms with Gasteiger partial charge in [0.25, 0.3) is 0 Å². The molecule has 11 unspecified atom stereocenters. The number of nitrogens with one attached hydrogen (secondary N) is 1. The van der Waals surface area contributed by atoms with E-state index in [1.165, 1.54) is 13.4 Å². The summed E-state index contributed by atoms with van der Waals surface area (Å²) in [4.78, 5) is 25.6. The van der Waals surface area contributed by atoms with E-state index < -0.39 is 73.3 Å². The van der Waals surface area contributed by atoms with Crippen molar-refractivity contribution >= 4 is 11.9 Å². The average molecular weight is 612 g/mol. The molecule has 3 heterocycles. The molecule has 242 valence electrons. The molecule has 3 fully saturated rings. The number of likely N-dealkylation sites (tertiary alicyclic amines) is 1. The van der Waals surface area contributed by atoms with E-state index in [0.29, 0.717) is 26.1 Å². The zero-order valence-electron chi connectivity index (χ0n) is 24.5. The Labute approximate surface area is 251 Å². The lowest BCUT2D eigenvalue weighted by molar-refractivity contribution is -0.911. The number of allylic oxidation sites excluding steroid dienone is 2. The molecule has 3 aliphatic heterocycles. The first kappa shape index (κ1) is 33.5. The van der Waals surface area contributed by atoms with Crippen LogP contribution in [0.25, 0.3) is 0 Å². The van der Waals surface area contributed by atoms with Crippen molar-refractivity contribution in [2.45, 2.75) is 75.5 Å². The van der Waals surface area contributed by atoms with Crippen LogP contribution in [0.4, 0.5) is 0 Å². The summed E-state index contributed by atoms with van der Waals surface area (Å²) in [7, 11) is 1.26. The summed E-state index contributed by atoms with van der Waals surface area (Å²) < 4.78 is 22.6. The fourth-order valence-electron chi connectivity index (χ4n) is 6.58. The van der Waals surface area contributed by atoms with Gasteiger partial charge in [0.15, 0.2) is 6.29 Å². The molecule has 13 heteroatoms. The van der Waals surface area contributed by atoms with Crippen LogP contribution < -0.4 is 10.0 Å². The number of aliphatic carboxylic acids is 1. The molecule has 13 nitrogen and oxygen atoms in total. The predicted octanol–water partition coefficient (Wildman–Crippen LogP) is -2.84. The largest absolute Gasteiger partial charge is 0.550 e. The third kappa shape index (κ3) is 8.22. The summed E-state index contributed by atoms with van der Waals surface area (Å²) in [6.45, 7) is 0.667. The Bertz CT molecular complexity index is 1040. The van der Waals surface area contributed by atoms with Crippen molar-refractivity contribution in [1.29, 1.82) is 0 Å². The van der Waals surface area contributed by atoms with Gasteiger partial charge in [0, 0.05) is 17.8 Å². The average Bonchev–Trinajstić information content (AvgIpc) is 3.01. The van der Waals surface area contributed by atoms with Crippen LogP contribution in [0.1, 0.15) is 38.5 Å². The number of rotatable bonds is 10. The summed E-state index contributed by atoms with van der Waals surface area (Å²) in [6, 6.07) is 0. The zero-order valence-corrected chi connectivity index (χ0v) is 24.5. The minimum Gasteiger partial charge on any atom is -0.550 e. The second kappa shape index (κ2) is 15.6. The van der Waals surface area contributed by atoms with Crippen molar-refractivity contribution < 1.29 is 64.1 Å². The lowest BCUT2D eigenvalue weighted by Crippen LogP contribution is -3.15. The Balaban J connectivity index is 1.66. The molecule has 11 atom stereocenters. The molecule has 0 spiro atoms. The highest BCUT2D eigenvalue weighted by molar-refractivity contribution is 5.89. The van der Waals surface area contributed by atoms with Crippen LogP contribution in [-0.2, 0) is 28.5 Å². The second-order valence-corrected chi connectivity index (χ2v) is 11.9. The highest BCUT2D eigenvalue weighted by Gasteiger charge is 2.47. The number of carbonyl (C=O) groups excluding carboxylic acids is 2. The minimum atomic E-state index is -1.64. The number of ether oxygens (including phenoxy) is 4. The molecule has 2 saturated heterocycles. The number of carboxylic acids is 1. The van der Waals surface area contributed by atoms with Crippen molar-refractivity contribution in [1.82, 2.24) is 0 Å². The number of quaternary nitrogens is 1. The quantitative estimate of drug-likeness (QED) is 0.109. The molecule has 0 radical (unpaired) electrons. The first-order valence-electron chi connectivity index (χ1n) is 15.1. The molecular weight excluding hydrogens is 566 g/mol. The standard InChI is InChI=1S/C30H45NO12/c1-40-28(39)22-16-41-29(43-30-26(36)25(35)24(34)23(15-33)42-30)21(12-17-5-3-2-4-6-17)20(22)8-7-18-11-19(27(37)38)14-31(13-18)9-10-32/h7-8,12,16,18-21,23-26,29-30,32-36H,2-6,9-11,13-15H2,1H3,(H,37,38). The predicted molar refractivity (Wildman–Crippen MR) is 146 cm³/mol. The molecule has 1 saturated carbocycles. The fourth-order valence-corrected chi connectivity index (χ4v) is 6.58. The van der Waals surface area contributed by atoms with Gasteiger partial charge in [0.05, 0.1) is 57.1 Å². The summed E-state index contributed by atoms with van der Waals surface area (Å²) in [5.74, 6) is -3.85. The van der Waals surface area contributed by atoms with Gasteiger partial charge in [-0.25, -0.2) is 4.79 Å². The molecule has 0 aromatic heterocycles. The Kier molecular flexibility index (Phi) is 12.1. The number of carbonyl (C=O) groups is 2. The van der Waals surface area contributed by atoms with Crippen LogP contribution in [-0.4, -0.2) is 114 Å². The second-order valence-electron chi connectivity index (χ2n) is 11.9. The first-order valence-corrected chi connectivity index (χ1v) is 15.1. The highest BCUT2D eigenvalue weighted by Crippen LogP contribution is 2.39. The Morgan fingerprint density at radius 3 is 2.44 bits per heavy atom. The van der Waals surface area contributed by atoms with Gasteiger partial charge in [0.1, 0.15) is 31.0 Å². The number of aliphatic hydroxyl groups excluding tert-OH is 5. The third-order valence-electron chi connectivity index (χ3n) is 8.94. The number of esters is 1. The van der Waals surface area contributed by atoms with Gasteiger partial charge in [-0.15, -0.1) is 0 Å². The first-order chi connectivity index (χ1) is 20.7. The Hall–Kier alpha value is -2.36. The van der Waals surface area contributed by atoms with E-state index in [2.05, 4.69) is 0 Å². The van der Waals surface area contributed by atoms with Gasteiger partial charge in [-0.2, -0.15) is 0 Å². The monoisotopic (exact) mass is 611 g/mol. The number of aliphatic hydroxyl groups is 5. The lowest BCUT2D eigenvalue weighted by atomic mass is 9.79. The maximum Gasteiger partial charge on any atom is 0.337 e. The molecule has 0 aromatic carbocycles. The minimum absolute atomic E-state index is 0.0760. The molecule has 0 amide bonds. The van der Waals surface area contributed by atoms with Gasteiger partial charge in [0.2, 0.25) is 6.29 Å². The van der Waals surface area contributed by atoms with Crippen LogP contribution >= 0.6 is 0 Å². The summed E-state index contributed by atoms with van der Waals surface area (Å²) in [5.41, 5.74) is 1.37. The SMILES string of the molecule is COC(=O)C1=COC(OC2OC(CO)C(O)C(O)C2O)C(C=C2CCCCC2)C1C=CC1CC(C(=O)[O-])C[NH+](CCO)C1. The van der Waals surface area contributed by atoms with Gasteiger partial charge in [-0.05, 0) is 32.1 Å². The molecule has 4 rings (SSSR count). The van der Waals surface area contributed by atoms with Crippen LogP contribution in [0, 0.1) is 23.7 Å². The number of methoxy groups -OCH3 is 1. The smallest absolute Gasteiger partial charge is 0.337 e. The summed E-state index contributed by atoms with van der Waals surface area (Å²) in [5, 5.41) is 62.0. The molecule has 4 aliphatic rings. The summed E-state index contributed by atoms with van der Waals surface area (Å²) in [6.07, 6.45) is 3.57. The van der Waals surface area contributed by atoms with Crippen LogP contribution in [0.3, 0.4) is 0 Å². The Morgan fingerprint density at radius 1 is 1.05 bits per heavy atom. The van der Waals surface area contributed by atoms with E-state index in [0.717, 1.165) is 42.6 Å². The Morgan fingerprint density at radius 2 is 1.79 bits per heavy atom. The van der Waals surface area contributed by atoms with Gasteiger partial charge < -0.3 is 59.3 Å². The molecular formula is C30H45NO12. The van der Waals surface area contributed by atoms with E-state index >= 15 is 0 Å². The third-order valence-corrected chi connectivity index (χ3v) is 8.94. The van der Waals surface area contributed by atoms with Crippen molar-refractivity contribution in [2.24, 2.45) is 23.7 Å². The fraction of sp³-hybridized carbons (Fsp3) is 0.733. The summed E-state index contributed by atoms with van der Waals surface area (Å²) >= 11 is 0. The van der Waals surface area contributed by atoms with Gasteiger partial charge >= 0.3 is 5.97 Å². The molecule has 6 N–H and O–H groups in total. The maximum atomic E-state index is 12.9. The number of piperidine rings is 1. The van der Waals surface area contributed by atoms with Crippen LogP contribution in [0.5, 0.6) is 0 Å². The van der Waals surface area contributed by atoms with Crippen molar-refractivity contribution in [3.8, 4) is 0 Å². The van der Waals surface area contributed by atoms with Crippen LogP contribution in [0.2, 0.25) is 0 Å². The van der Waals surface area contributed by atoms with Crippen molar-refractivity contribution in [2.75, 3.05) is 40.0 Å². The highest BCUT2D eigenvalue weighted by atomic mass is 16.8. The molecule has 43 heavy (non-hydrogen) atoms. The van der Waals surface area contributed by atoms with Crippen LogP contribution in [0.15, 0.2) is 35.6 Å². The van der Waals surface area contributed by atoms with Gasteiger partial charge in [-0.1, -0.05) is 30.2 Å². The van der Waals surface area contributed by atoms with Crippen molar-refractivity contribution in [3.05, 3.63) is 35.6 Å². The normalized spacial score (nSPS) is 38.7. The topological polar surface area (TPSA) is 200 Å². The van der Waals surface area contributed by atoms with E-state index in [1.807, 2.05) is 18.2 Å². The molecule has 0 bridgehead atoms. The van der Waals surface area contributed by atoms with E-state index in [1.54, 1.807) is 0 Å². The molecule has 1 aliphatic carbocycles. The maximum absolute atomic E-state index is 12.9. The zero-order chi connectivity index (χ0) is 31.1. The number of hydrogen-bond donors (Lipinski definition) is 6. The van der Waals surface area contributed by atoms with Gasteiger partial charge in [-0.3, -0.25) is 0 Å². The van der Waals surface area contributed by atoms with Crippen molar-refractivity contribution in [3.63, 3.8) is 0 Å². The van der Waals surface area contributed by atoms with E-state index in [9.17, 15) is 40.2 Å². The number of carboxylic acid groups (broad SMARTS) is 1. The van der Waals surface area contributed by atoms with E-state index in [4.69, 9.17) is 18.9 Å². The number of hydrogen-bond acceptors (Lipinski definition) is 12.